The monoisotopic (exact) mass is 493 g/mol. The lowest BCUT2D eigenvalue weighted by Gasteiger charge is -2.24. The number of nitrogens with zero attached hydrogens (tertiary/aromatic N) is 1. The van der Waals surface area contributed by atoms with Crippen LogP contribution < -0.4 is 11.1 Å². The third kappa shape index (κ3) is 5.19. The SMILES string of the molecule is CC(C)C(NC(=O)COC(=O)[C@@H]1CCCN1C(=O)OCC1c2ccccc2-c2ccccc21)C(N)=O. The van der Waals surface area contributed by atoms with Gasteiger partial charge in [0.1, 0.15) is 18.7 Å². The normalized spacial score (nSPS) is 17.3. The number of benzene rings is 2. The van der Waals surface area contributed by atoms with Gasteiger partial charge in [-0.3, -0.25) is 14.5 Å². The van der Waals surface area contributed by atoms with Crippen LogP contribution in [0.5, 0.6) is 0 Å². The van der Waals surface area contributed by atoms with Crippen molar-refractivity contribution in [2.45, 2.75) is 44.7 Å². The second-order valence-electron chi connectivity index (χ2n) is 9.45. The highest BCUT2D eigenvalue weighted by atomic mass is 16.6. The summed E-state index contributed by atoms with van der Waals surface area (Å²) in [7, 11) is 0. The number of nitrogens with two attached hydrogens (primary N) is 1. The Morgan fingerprint density at radius 3 is 2.19 bits per heavy atom. The Labute approximate surface area is 209 Å². The van der Waals surface area contributed by atoms with Gasteiger partial charge in [0.25, 0.3) is 5.91 Å². The maximum atomic E-state index is 12.9. The number of amides is 3. The molecular weight excluding hydrogens is 462 g/mol. The van der Waals surface area contributed by atoms with Gasteiger partial charge in [0.2, 0.25) is 5.91 Å². The molecule has 3 amide bonds. The summed E-state index contributed by atoms with van der Waals surface area (Å²) in [5.41, 5.74) is 9.77. The topological polar surface area (TPSA) is 128 Å². The highest BCUT2D eigenvalue weighted by molar-refractivity contribution is 5.89. The summed E-state index contributed by atoms with van der Waals surface area (Å²) in [5.74, 6) is -2.27. The van der Waals surface area contributed by atoms with E-state index in [9.17, 15) is 19.2 Å². The van der Waals surface area contributed by atoms with Gasteiger partial charge in [0.05, 0.1) is 0 Å². The van der Waals surface area contributed by atoms with E-state index < -0.39 is 42.6 Å². The molecule has 1 aliphatic carbocycles. The van der Waals surface area contributed by atoms with Gasteiger partial charge in [-0.05, 0) is 41.0 Å². The zero-order valence-electron chi connectivity index (χ0n) is 20.4. The van der Waals surface area contributed by atoms with E-state index in [0.717, 1.165) is 22.3 Å². The molecule has 2 aromatic rings. The lowest BCUT2D eigenvalue weighted by atomic mass is 9.98. The first kappa shape index (κ1) is 25.2. The van der Waals surface area contributed by atoms with Crippen LogP contribution in [0.3, 0.4) is 0 Å². The van der Waals surface area contributed by atoms with Crippen molar-refractivity contribution in [3.8, 4) is 11.1 Å². The second-order valence-corrected chi connectivity index (χ2v) is 9.45. The van der Waals surface area contributed by atoms with Crippen LogP contribution in [0, 0.1) is 5.92 Å². The van der Waals surface area contributed by atoms with E-state index in [4.69, 9.17) is 15.2 Å². The van der Waals surface area contributed by atoms with E-state index in [1.807, 2.05) is 36.4 Å². The number of hydrogen-bond acceptors (Lipinski definition) is 6. The first-order valence-electron chi connectivity index (χ1n) is 12.1. The van der Waals surface area contributed by atoms with Gasteiger partial charge in [-0.2, -0.15) is 0 Å². The van der Waals surface area contributed by atoms with E-state index in [0.29, 0.717) is 19.4 Å². The lowest BCUT2D eigenvalue weighted by Crippen LogP contribution is -2.49. The average Bonchev–Trinajstić information content (AvgIpc) is 3.47. The summed E-state index contributed by atoms with van der Waals surface area (Å²) in [5, 5.41) is 2.47. The predicted molar refractivity (Wildman–Crippen MR) is 132 cm³/mol. The van der Waals surface area contributed by atoms with Gasteiger partial charge in [-0.1, -0.05) is 62.4 Å². The van der Waals surface area contributed by atoms with E-state index in [1.165, 1.54) is 4.90 Å². The van der Waals surface area contributed by atoms with Crippen LogP contribution in [0.4, 0.5) is 4.79 Å². The number of rotatable bonds is 8. The average molecular weight is 494 g/mol. The number of likely N-dealkylation sites (tertiary alicyclic amines) is 1. The quantitative estimate of drug-likeness (QED) is 0.544. The molecule has 1 saturated heterocycles. The molecule has 1 fully saturated rings. The van der Waals surface area contributed by atoms with Crippen molar-refractivity contribution in [1.82, 2.24) is 10.2 Å². The number of fused-ring (bicyclic) bond motifs is 3. The van der Waals surface area contributed by atoms with Crippen molar-refractivity contribution >= 4 is 23.9 Å². The predicted octanol–water partition coefficient (Wildman–Crippen LogP) is 2.57. The summed E-state index contributed by atoms with van der Waals surface area (Å²) in [6, 6.07) is 14.4. The minimum Gasteiger partial charge on any atom is -0.454 e. The molecule has 0 aromatic heterocycles. The van der Waals surface area contributed by atoms with Crippen LogP contribution in [0.1, 0.15) is 43.7 Å². The first-order valence-corrected chi connectivity index (χ1v) is 12.1. The Morgan fingerprint density at radius 1 is 1.00 bits per heavy atom. The van der Waals surface area contributed by atoms with Crippen molar-refractivity contribution in [3.63, 3.8) is 0 Å². The van der Waals surface area contributed by atoms with Gasteiger partial charge in [0, 0.05) is 12.5 Å². The summed E-state index contributed by atoms with van der Waals surface area (Å²) in [4.78, 5) is 50.6. The van der Waals surface area contributed by atoms with Crippen molar-refractivity contribution in [3.05, 3.63) is 59.7 Å². The number of hydrogen-bond donors (Lipinski definition) is 2. The molecule has 0 radical (unpaired) electrons. The molecule has 36 heavy (non-hydrogen) atoms. The molecule has 2 aliphatic rings. The number of carbonyl (C=O) groups is 4. The number of ether oxygens (including phenoxy) is 2. The Kier molecular flexibility index (Phi) is 7.57. The van der Waals surface area contributed by atoms with Crippen molar-refractivity contribution in [2.75, 3.05) is 19.8 Å². The molecule has 0 spiro atoms. The van der Waals surface area contributed by atoms with Gasteiger partial charge in [-0.25, -0.2) is 9.59 Å². The molecule has 0 bridgehead atoms. The number of esters is 1. The molecule has 1 unspecified atom stereocenters. The van der Waals surface area contributed by atoms with E-state index in [-0.39, 0.29) is 18.4 Å². The fraction of sp³-hybridized carbons (Fsp3) is 0.407. The second kappa shape index (κ2) is 10.8. The highest BCUT2D eigenvalue weighted by Gasteiger charge is 2.38. The fourth-order valence-electron chi connectivity index (χ4n) is 4.92. The van der Waals surface area contributed by atoms with Crippen LogP contribution >= 0.6 is 0 Å². The third-order valence-corrected chi connectivity index (χ3v) is 6.73. The largest absolute Gasteiger partial charge is 0.454 e. The smallest absolute Gasteiger partial charge is 0.410 e. The molecular formula is C27H31N3O6. The molecule has 0 saturated carbocycles. The van der Waals surface area contributed by atoms with E-state index in [2.05, 4.69) is 17.4 Å². The number of primary amides is 1. The van der Waals surface area contributed by atoms with Gasteiger partial charge in [-0.15, -0.1) is 0 Å². The molecule has 9 heteroatoms. The van der Waals surface area contributed by atoms with Gasteiger partial charge >= 0.3 is 12.1 Å². The van der Waals surface area contributed by atoms with Crippen LogP contribution in [-0.2, 0) is 23.9 Å². The molecule has 1 aliphatic heterocycles. The molecule has 2 atom stereocenters. The highest BCUT2D eigenvalue weighted by Crippen LogP contribution is 2.44. The lowest BCUT2D eigenvalue weighted by molar-refractivity contribution is -0.152. The third-order valence-electron chi connectivity index (χ3n) is 6.73. The Morgan fingerprint density at radius 2 is 1.61 bits per heavy atom. The summed E-state index contributed by atoms with van der Waals surface area (Å²) in [6.07, 6.45) is 0.447. The minimum atomic E-state index is -0.861. The van der Waals surface area contributed by atoms with Crippen LogP contribution in [0.15, 0.2) is 48.5 Å². The van der Waals surface area contributed by atoms with E-state index in [1.54, 1.807) is 13.8 Å². The summed E-state index contributed by atoms with van der Waals surface area (Å²) >= 11 is 0. The summed E-state index contributed by atoms with van der Waals surface area (Å²) < 4.78 is 10.8. The van der Waals surface area contributed by atoms with Gasteiger partial charge in [0.15, 0.2) is 6.61 Å². The van der Waals surface area contributed by atoms with Crippen LogP contribution in [0.25, 0.3) is 11.1 Å². The first-order chi connectivity index (χ1) is 17.3. The van der Waals surface area contributed by atoms with Crippen molar-refractivity contribution in [2.24, 2.45) is 11.7 Å². The zero-order valence-corrected chi connectivity index (χ0v) is 20.4. The Balaban J connectivity index is 1.34. The Hall–Kier alpha value is -3.88. The van der Waals surface area contributed by atoms with E-state index >= 15 is 0 Å². The fourth-order valence-corrected chi connectivity index (χ4v) is 4.92. The zero-order chi connectivity index (χ0) is 25.8. The van der Waals surface area contributed by atoms with Crippen LogP contribution in [0.2, 0.25) is 0 Å². The minimum absolute atomic E-state index is 0.0859. The Bertz CT molecular complexity index is 1120. The molecule has 9 nitrogen and oxygen atoms in total. The standard InChI is InChI=1S/C27H31N3O6/c1-16(2)24(25(28)32)29-23(31)15-35-26(33)22-12-7-13-30(22)27(34)36-14-21-19-10-5-3-8-17(19)18-9-4-6-11-20(18)21/h3-6,8-11,16,21-22,24H,7,12-15H2,1-2H3,(H2,28,32)(H,29,31)/t22-,24?/m0/s1. The van der Waals surface area contributed by atoms with Crippen LogP contribution in [-0.4, -0.2) is 60.6 Å². The molecule has 1 heterocycles. The molecule has 190 valence electrons. The van der Waals surface area contributed by atoms with Crippen molar-refractivity contribution in [1.29, 1.82) is 0 Å². The maximum Gasteiger partial charge on any atom is 0.410 e. The number of nitrogens with one attached hydrogen (secondary N) is 1. The number of carbonyl (C=O) groups excluding carboxylic acids is 4. The van der Waals surface area contributed by atoms with Crippen molar-refractivity contribution < 1.29 is 28.7 Å². The molecule has 2 aromatic carbocycles. The molecule has 3 N–H and O–H groups in total. The summed E-state index contributed by atoms with van der Waals surface area (Å²) in [6.45, 7) is 3.43. The van der Waals surface area contributed by atoms with Gasteiger partial charge < -0.3 is 20.5 Å². The molecule has 4 rings (SSSR count). The maximum absolute atomic E-state index is 12.9.